The second kappa shape index (κ2) is 7.32. The summed E-state index contributed by atoms with van der Waals surface area (Å²) in [6.45, 7) is 11.1. The van der Waals surface area contributed by atoms with Crippen molar-refractivity contribution in [3.8, 4) is 5.75 Å². The number of aliphatic hydroxyl groups is 1. The van der Waals surface area contributed by atoms with Crippen LogP contribution in [0.1, 0.15) is 38.1 Å². The average molecular weight is 320 g/mol. The Kier molecular flexibility index (Phi) is 5.65. The second-order valence-electron chi connectivity index (χ2n) is 6.86. The fourth-order valence-electron chi connectivity index (χ4n) is 3.08. The molecule has 0 aliphatic carbocycles. The lowest BCUT2D eigenvalue weighted by molar-refractivity contribution is 0.00576. The number of rotatable bonds is 5. The van der Waals surface area contributed by atoms with E-state index in [1.54, 1.807) is 0 Å². The summed E-state index contributed by atoms with van der Waals surface area (Å²) < 4.78 is 5.48. The van der Waals surface area contributed by atoms with Crippen LogP contribution in [0.15, 0.2) is 24.3 Å². The van der Waals surface area contributed by atoms with Gasteiger partial charge in [-0.3, -0.25) is 9.69 Å². The summed E-state index contributed by atoms with van der Waals surface area (Å²) in [4.78, 5) is 16.9. The number of carbonyl (C=O) groups is 1. The summed E-state index contributed by atoms with van der Waals surface area (Å²) in [7, 11) is 0. The number of hydrogen-bond donors (Lipinski definition) is 1. The van der Waals surface area contributed by atoms with Crippen LogP contribution in [0.5, 0.6) is 5.75 Å². The van der Waals surface area contributed by atoms with Gasteiger partial charge >= 0.3 is 0 Å². The quantitative estimate of drug-likeness (QED) is 0.901. The highest BCUT2D eigenvalue weighted by Gasteiger charge is 2.30. The van der Waals surface area contributed by atoms with Crippen LogP contribution in [0.4, 0.5) is 0 Å². The van der Waals surface area contributed by atoms with Gasteiger partial charge in [0.15, 0.2) is 0 Å². The molecule has 5 nitrogen and oxygen atoms in total. The second-order valence-corrected chi connectivity index (χ2v) is 6.86. The third kappa shape index (κ3) is 4.94. The van der Waals surface area contributed by atoms with Crippen LogP contribution in [0, 0.1) is 0 Å². The smallest absolute Gasteiger partial charge is 0.254 e. The lowest BCUT2D eigenvalue weighted by atomic mass is 10.1. The highest BCUT2D eigenvalue weighted by molar-refractivity contribution is 5.94. The van der Waals surface area contributed by atoms with Gasteiger partial charge in [-0.05, 0) is 45.9 Å². The standard InChI is InChI=1S/C18H28N2O3/c1-5-23-16-8-6-7-15(11-16)17(21)20-10-9-19(12-14(20)2)13-18(3,4)22/h6-8,11,14,22H,5,9-10,12-13H2,1-4H3. The first-order valence-corrected chi connectivity index (χ1v) is 8.28. The molecule has 1 saturated heterocycles. The Labute approximate surface area is 138 Å². The molecule has 1 heterocycles. The van der Waals surface area contributed by atoms with Gasteiger partial charge in [-0.1, -0.05) is 6.07 Å². The van der Waals surface area contributed by atoms with Gasteiger partial charge in [0, 0.05) is 37.8 Å². The predicted octanol–water partition coefficient (Wildman–Crippen LogP) is 2.00. The molecule has 0 aromatic heterocycles. The molecule has 128 valence electrons. The molecule has 1 aliphatic rings. The molecule has 0 spiro atoms. The van der Waals surface area contributed by atoms with Crippen molar-refractivity contribution in [1.29, 1.82) is 0 Å². The van der Waals surface area contributed by atoms with E-state index < -0.39 is 5.60 Å². The van der Waals surface area contributed by atoms with Gasteiger partial charge in [0.1, 0.15) is 5.75 Å². The molecule has 1 N–H and O–H groups in total. The van der Waals surface area contributed by atoms with E-state index in [0.717, 1.165) is 18.8 Å². The molecule has 0 bridgehead atoms. The maximum atomic E-state index is 12.8. The predicted molar refractivity (Wildman–Crippen MR) is 90.8 cm³/mol. The van der Waals surface area contributed by atoms with E-state index in [4.69, 9.17) is 4.74 Å². The number of ether oxygens (including phenoxy) is 1. The minimum Gasteiger partial charge on any atom is -0.494 e. The van der Waals surface area contributed by atoms with E-state index in [2.05, 4.69) is 11.8 Å². The Morgan fingerprint density at radius 2 is 2.13 bits per heavy atom. The number of amides is 1. The monoisotopic (exact) mass is 320 g/mol. The normalized spacial score (nSPS) is 19.7. The molecule has 0 radical (unpaired) electrons. The third-order valence-corrected chi connectivity index (χ3v) is 3.98. The van der Waals surface area contributed by atoms with Crippen molar-refractivity contribution in [2.75, 3.05) is 32.8 Å². The molecule has 1 aromatic carbocycles. The molecule has 0 saturated carbocycles. The summed E-state index contributed by atoms with van der Waals surface area (Å²) in [5.74, 6) is 0.772. The summed E-state index contributed by atoms with van der Waals surface area (Å²) in [6, 6.07) is 7.48. The highest BCUT2D eigenvalue weighted by atomic mass is 16.5. The summed E-state index contributed by atoms with van der Waals surface area (Å²) in [5.41, 5.74) is -0.0451. The zero-order chi connectivity index (χ0) is 17.0. The molecule has 2 rings (SSSR count). The van der Waals surface area contributed by atoms with Crippen LogP contribution in [0.2, 0.25) is 0 Å². The van der Waals surface area contributed by atoms with Crippen LogP contribution in [0.3, 0.4) is 0 Å². The maximum absolute atomic E-state index is 12.8. The Morgan fingerprint density at radius 3 is 2.74 bits per heavy atom. The molecular weight excluding hydrogens is 292 g/mol. The largest absolute Gasteiger partial charge is 0.494 e. The van der Waals surface area contributed by atoms with Gasteiger partial charge in [0.2, 0.25) is 0 Å². The SMILES string of the molecule is CCOc1cccc(C(=O)N2CCN(CC(C)(C)O)CC2C)c1. The van der Waals surface area contributed by atoms with Gasteiger partial charge in [-0.25, -0.2) is 0 Å². The molecule has 1 atom stereocenters. The number of nitrogens with zero attached hydrogens (tertiary/aromatic N) is 2. The van der Waals surface area contributed by atoms with Crippen molar-refractivity contribution in [1.82, 2.24) is 9.80 Å². The summed E-state index contributed by atoms with van der Waals surface area (Å²) in [5, 5.41) is 9.95. The molecular formula is C18H28N2O3. The fourth-order valence-corrected chi connectivity index (χ4v) is 3.08. The average Bonchev–Trinajstić information content (AvgIpc) is 2.46. The summed E-state index contributed by atoms with van der Waals surface area (Å²) in [6.07, 6.45) is 0. The van der Waals surface area contributed by atoms with E-state index in [9.17, 15) is 9.90 Å². The lowest BCUT2D eigenvalue weighted by Crippen LogP contribution is -2.56. The zero-order valence-electron chi connectivity index (χ0n) is 14.6. The number of benzene rings is 1. The van der Waals surface area contributed by atoms with E-state index >= 15 is 0 Å². The fraction of sp³-hybridized carbons (Fsp3) is 0.611. The Balaban J connectivity index is 2.02. The van der Waals surface area contributed by atoms with Crippen molar-refractivity contribution in [3.05, 3.63) is 29.8 Å². The first kappa shape index (κ1) is 17.8. The van der Waals surface area contributed by atoms with Crippen LogP contribution in [0.25, 0.3) is 0 Å². The summed E-state index contributed by atoms with van der Waals surface area (Å²) >= 11 is 0. The Hall–Kier alpha value is -1.59. The van der Waals surface area contributed by atoms with Crippen LogP contribution in [-0.2, 0) is 0 Å². The first-order chi connectivity index (χ1) is 10.8. The highest BCUT2D eigenvalue weighted by Crippen LogP contribution is 2.19. The zero-order valence-corrected chi connectivity index (χ0v) is 14.6. The van der Waals surface area contributed by atoms with E-state index in [1.165, 1.54) is 0 Å². The Bertz CT molecular complexity index is 539. The molecule has 23 heavy (non-hydrogen) atoms. The van der Waals surface area contributed by atoms with Crippen LogP contribution in [-0.4, -0.2) is 65.2 Å². The maximum Gasteiger partial charge on any atom is 0.254 e. The minimum absolute atomic E-state index is 0.0435. The van der Waals surface area contributed by atoms with Crippen molar-refractivity contribution in [2.45, 2.75) is 39.3 Å². The molecule has 1 aromatic rings. The van der Waals surface area contributed by atoms with Gasteiger partial charge in [-0.15, -0.1) is 0 Å². The van der Waals surface area contributed by atoms with Crippen molar-refractivity contribution in [3.63, 3.8) is 0 Å². The molecule has 1 unspecified atom stereocenters. The van der Waals surface area contributed by atoms with Crippen molar-refractivity contribution in [2.24, 2.45) is 0 Å². The van der Waals surface area contributed by atoms with Gasteiger partial charge < -0.3 is 14.7 Å². The number of carbonyl (C=O) groups excluding carboxylic acids is 1. The lowest BCUT2D eigenvalue weighted by Gasteiger charge is -2.41. The third-order valence-electron chi connectivity index (χ3n) is 3.98. The molecule has 5 heteroatoms. The van der Waals surface area contributed by atoms with Crippen molar-refractivity contribution < 1.29 is 14.6 Å². The van der Waals surface area contributed by atoms with Gasteiger partial charge in [0.25, 0.3) is 5.91 Å². The minimum atomic E-state index is -0.711. The molecule has 1 aliphatic heterocycles. The van der Waals surface area contributed by atoms with Gasteiger partial charge in [-0.2, -0.15) is 0 Å². The topological polar surface area (TPSA) is 53.0 Å². The van der Waals surface area contributed by atoms with E-state index in [-0.39, 0.29) is 11.9 Å². The van der Waals surface area contributed by atoms with Crippen molar-refractivity contribution >= 4 is 5.91 Å². The van der Waals surface area contributed by atoms with Crippen LogP contribution < -0.4 is 4.74 Å². The van der Waals surface area contributed by atoms with Gasteiger partial charge in [0.05, 0.1) is 12.2 Å². The molecule has 1 amide bonds. The Morgan fingerprint density at radius 1 is 1.39 bits per heavy atom. The first-order valence-electron chi connectivity index (χ1n) is 8.28. The number of hydrogen-bond acceptors (Lipinski definition) is 4. The van der Waals surface area contributed by atoms with E-state index in [0.29, 0.717) is 25.3 Å². The van der Waals surface area contributed by atoms with E-state index in [1.807, 2.05) is 49.9 Å². The van der Waals surface area contributed by atoms with Crippen LogP contribution >= 0.6 is 0 Å². The molecule has 1 fully saturated rings. The number of β-amino-alcohol motifs (C(OH)–C–C–N with tert-alkyl or cyclic N) is 1. The number of piperazine rings is 1.